The van der Waals surface area contributed by atoms with Crippen molar-refractivity contribution in [2.45, 2.75) is 30.7 Å². The molecule has 0 bridgehead atoms. The van der Waals surface area contributed by atoms with E-state index in [2.05, 4.69) is 15.2 Å². The van der Waals surface area contributed by atoms with E-state index in [1.807, 2.05) is 32.9 Å². The van der Waals surface area contributed by atoms with Gasteiger partial charge in [0.25, 0.3) is 0 Å². The predicted molar refractivity (Wildman–Crippen MR) is 115 cm³/mol. The third kappa shape index (κ3) is 3.06. The van der Waals surface area contributed by atoms with Crippen molar-refractivity contribution in [2.75, 3.05) is 25.1 Å². The fourth-order valence-corrected chi connectivity index (χ4v) is 4.84. The molecule has 2 heterocycles. The highest BCUT2D eigenvalue weighted by molar-refractivity contribution is 7.91. The third-order valence-electron chi connectivity index (χ3n) is 5.18. The van der Waals surface area contributed by atoms with Gasteiger partial charge in [0, 0.05) is 24.5 Å². The molecule has 0 N–H and O–H groups in total. The van der Waals surface area contributed by atoms with E-state index in [0.29, 0.717) is 17.1 Å². The number of sulfone groups is 1. The molecule has 0 saturated heterocycles. The first-order chi connectivity index (χ1) is 14.4. The van der Waals surface area contributed by atoms with Crippen LogP contribution in [0, 0.1) is 6.92 Å². The summed E-state index contributed by atoms with van der Waals surface area (Å²) < 4.78 is 33.5. The summed E-state index contributed by atoms with van der Waals surface area (Å²) in [6.45, 7) is 7.48. The van der Waals surface area contributed by atoms with E-state index in [9.17, 15) is 8.42 Å². The molecule has 156 valence electrons. The maximum atomic E-state index is 13.2. The molecule has 4 aromatic rings. The Labute approximate surface area is 175 Å². The Bertz CT molecular complexity index is 1330. The van der Waals surface area contributed by atoms with Crippen LogP contribution in [-0.2, 0) is 9.84 Å². The Morgan fingerprint density at radius 1 is 1.10 bits per heavy atom. The largest absolute Gasteiger partial charge is 0.496 e. The van der Waals surface area contributed by atoms with Crippen LogP contribution in [0.1, 0.15) is 19.4 Å². The Kier molecular flexibility index (Phi) is 5.07. The molecular formula is C21H23N5O3S. The lowest BCUT2D eigenvalue weighted by molar-refractivity contribution is 0.412. The SMILES string of the molecule is CCN(CC)c1nc2c(S(=O)(=O)c3ccccc3)nnn2c2cc(OC)c(C)cc12. The van der Waals surface area contributed by atoms with Gasteiger partial charge in [-0.15, -0.1) is 5.10 Å². The van der Waals surface area contributed by atoms with E-state index < -0.39 is 9.84 Å². The monoisotopic (exact) mass is 425 g/mol. The molecule has 0 amide bonds. The Hall–Kier alpha value is -3.20. The van der Waals surface area contributed by atoms with Crippen molar-refractivity contribution in [3.8, 4) is 5.75 Å². The van der Waals surface area contributed by atoms with Crippen LogP contribution in [0.4, 0.5) is 5.82 Å². The minimum absolute atomic E-state index is 0.153. The molecule has 0 atom stereocenters. The van der Waals surface area contributed by atoms with Crippen molar-refractivity contribution in [1.82, 2.24) is 19.8 Å². The van der Waals surface area contributed by atoms with Gasteiger partial charge in [-0.1, -0.05) is 23.4 Å². The average Bonchev–Trinajstić information content (AvgIpc) is 3.19. The van der Waals surface area contributed by atoms with Gasteiger partial charge in [0.1, 0.15) is 11.6 Å². The van der Waals surface area contributed by atoms with E-state index in [0.717, 1.165) is 24.0 Å². The van der Waals surface area contributed by atoms with Crippen LogP contribution in [0.5, 0.6) is 5.75 Å². The number of anilines is 1. The summed E-state index contributed by atoms with van der Waals surface area (Å²) in [5, 5.41) is 8.87. The van der Waals surface area contributed by atoms with Crippen molar-refractivity contribution in [2.24, 2.45) is 0 Å². The number of rotatable bonds is 6. The second kappa shape index (κ2) is 7.56. The van der Waals surface area contributed by atoms with Crippen molar-refractivity contribution < 1.29 is 13.2 Å². The number of fused-ring (bicyclic) bond motifs is 3. The Balaban J connectivity index is 2.10. The lowest BCUT2D eigenvalue weighted by Gasteiger charge is -2.22. The molecule has 0 saturated carbocycles. The second-order valence-electron chi connectivity index (χ2n) is 6.89. The first kappa shape index (κ1) is 20.1. The molecule has 9 heteroatoms. The van der Waals surface area contributed by atoms with Crippen molar-refractivity contribution in [3.63, 3.8) is 0 Å². The number of ether oxygens (including phenoxy) is 1. The summed E-state index contributed by atoms with van der Waals surface area (Å²) in [4.78, 5) is 6.97. The molecular weight excluding hydrogens is 402 g/mol. The molecule has 2 aromatic carbocycles. The summed E-state index contributed by atoms with van der Waals surface area (Å²) >= 11 is 0. The number of hydrogen-bond acceptors (Lipinski definition) is 7. The first-order valence-electron chi connectivity index (χ1n) is 9.71. The van der Waals surface area contributed by atoms with Crippen LogP contribution in [0.25, 0.3) is 16.6 Å². The van der Waals surface area contributed by atoms with Crippen LogP contribution < -0.4 is 9.64 Å². The minimum atomic E-state index is -3.88. The minimum Gasteiger partial charge on any atom is -0.496 e. The molecule has 0 aliphatic carbocycles. The van der Waals surface area contributed by atoms with Gasteiger partial charge in [-0.05, 0) is 44.5 Å². The Morgan fingerprint density at radius 2 is 1.80 bits per heavy atom. The van der Waals surface area contributed by atoms with E-state index in [1.54, 1.807) is 37.4 Å². The summed E-state index contributed by atoms with van der Waals surface area (Å²) in [6.07, 6.45) is 0. The standard InChI is InChI=1S/C21H23N5O3S/c1-5-25(6-2)19-16-12-14(3)18(29-4)13-17(16)26-20(22-19)21(23-24-26)30(27,28)15-10-8-7-9-11-15/h7-13H,5-6H2,1-4H3. The van der Waals surface area contributed by atoms with Gasteiger partial charge in [-0.3, -0.25) is 0 Å². The number of aryl methyl sites for hydroxylation is 1. The van der Waals surface area contributed by atoms with E-state index in [1.165, 1.54) is 4.52 Å². The first-order valence-corrected chi connectivity index (χ1v) is 11.2. The van der Waals surface area contributed by atoms with Crippen LogP contribution in [0.15, 0.2) is 52.4 Å². The van der Waals surface area contributed by atoms with E-state index in [-0.39, 0.29) is 15.6 Å². The zero-order chi connectivity index (χ0) is 21.5. The maximum Gasteiger partial charge on any atom is 0.229 e. The van der Waals surface area contributed by atoms with Gasteiger partial charge < -0.3 is 9.64 Å². The highest BCUT2D eigenvalue weighted by atomic mass is 32.2. The van der Waals surface area contributed by atoms with Crippen molar-refractivity contribution >= 4 is 32.2 Å². The predicted octanol–water partition coefficient (Wildman–Crippen LogP) is 3.27. The maximum absolute atomic E-state index is 13.2. The third-order valence-corrected chi connectivity index (χ3v) is 6.85. The van der Waals surface area contributed by atoms with Crippen molar-refractivity contribution in [1.29, 1.82) is 0 Å². The van der Waals surface area contributed by atoms with Gasteiger partial charge in [0.15, 0.2) is 5.65 Å². The lowest BCUT2D eigenvalue weighted by atomic mass is 10.1. The van der Waals surface area contributed by atoms with Crippen LogP contribution in [0.2, 0.25) is 0 Å². The molecule has 2 aromatic heterocycles. The molecule has 0 spiro atoms. The van der Waals surface area contributed by atoms with Crippen LogP contribution in [-0.4, -0.2) is 48.4 Å². The molecule has 8 nitrogen and oxygen atoms in total. The molecule has 0 aliphatic heterocycles. The van der Waals surface area contributed by atoms with Gasteiger partial charge in [0.05, 0.1) is 17.5 Å². The van der Waals surface area contributed by atoms with Gasteiger partial charge in [-0.25, -0.2) is 13.4 Å². The summed E-state index contributed by atoms with van der Waals surface area (Å²) in [5.74, 6) is 1.38. The van der Waals surface area contributed by atoms with Gasteiger partial charge in [0.2, 0.25) is 14.9 Å². The zero-order valence-electron chi connectivity index (χ0n) is 17.3. The average molecular weight is 426 g/mol. The van der Waals surface area contributed by atoms with Crippen molar-refractivity contribution in [3.05, 3.63) is 48.0 Å². The quantitative estimate of drug-likeness (QED) is 0.468. The smallest absolute Gasteiger partial charge is 0.229 e. The number of hydrogen-bond donors (Lipinski definition) is 0. The molecule has 0 fully saturated rings. The molecule has 0 radical (unpaired) electrons. The van der Waals surface area contributed by atoms with Crippen LogP contribution in [0.3, 0.4) is 0 Å². The van der Waals surface area contributed by atoms with Gasteiger partial charge in [-0.2, -0.15) is 4.52 Å². The number of methoxy groups -OCH3 is 1. The van der Waals surface area contributed by atoms with Gasteiger partial charge >= 0.3 is 0 Å². The molecule has 0 aliphatic rings. The fraction of sp³-hybridized carbons (Fsp3) is 0.286. The lowest BCUT2D eigenvalue weighted by Crippen LogP contribution is -2.24. The highest BCUT2D eigenvalue weighted by Crippen LogP contribution is 2.33. The molecule has 4 rings (SSSR count). The number of nitrogens with zero attached hydrogens (tertiary/aromatic N) is 5. The number of aromatic nitrogens is 4. The normalized spacial score (nSPS) is 11.9. The van der Waals surface area contributed by atoms with E-state index in [4.69, 9.17) is 9.72 Å². The topological polar surface area (TPSA) is 89.7 Å². The summed E-state index contributed by atoms with van der Waals surface area (Å²) in [5.41, 5.74) is 1.84. The number of benzene rings is 2. The highest BCUT2D eigenvalue weighted by Gasteiger charge is 2.28. The second-order valence-corrected chi connectivity index (χ2v) is 8.76. The molecule has 0 unspecified atom stereocenters. The summed E-state index contributed by atoms with van der Waals surface area (Å²) in [7, 11) is -2.28. The summed E-state index contributed by atoms with van der Waals surface area (Å²) in [6, 6.07) is 12.0. The fourth-order valence-electron chi connectivity index (χ4n) is 3.58. The van der Waals surface area contributed by atoms with Crippen LogP contribution >= 0.6 is 0 Å². The molecule has 30 heavy (non-hydrogen) atoms. The zero-order valence-corrected chi connectivity index (χ0v) is 18.1. The Morgan fingerprint density at radius 3 is 2.43 bits per heavy atom. The van der Waals surface area contributed by atoms with E-state index >= 15 is 0 Å².